The van der Waals surface area contributed by atoms with E-state index in [1.807, 2.05) is 0 Å². The summed E-state index contributed by atoms with van der Waals surface area (Å²) in [6.07, 6.45) is 20.2. The van der Waals surface area contributed by atoms with Crippen molar-refractivity contribution in [2.75, 3.05) is 0 Å². The fourth-order valence-electron chi connectivity index (χ4n) is 2.65. The van der Waals surface area contributed by atoms with Crippen molar-refractivity contribution < 1.29 is 79.5 Å². The Balaban J connectivity index is -0.000000333. The Bertz CT molecular complexity index is 385. The summed E-state index contributed by atoms with van der Waals surface area (Å²) >= 11 is 0. The topological polar surface area (TPSA) is 112 Å². The maximum atomic E-state index is 10.3. The number of carboxylic acids is 1. The first-order valence-corrected chi connectivity index (χ1v) is 11.1. The Labute approximate surface area is 204 Å². The zero-order chi connectivity index (χ0) is 19.4. The molecule has 27 heavy (non-hydrogen) atoms. The van der Waals surface area contributed by atoms with E-state index in [1.54, 1.807) is 0 Å². The predicted molar refractivity (Wildman–Crippen MR) is 101 cm³/mol. The predicted octanol–water partition coefficient (Wildman–Crippen LogP) is 5.67. The summed E-state index contributed by atoms with van der Waals surface area (Å²) in [5.74, 6) is -0.653. The van der Waals surface area contributed by atoms with Crippen molar-refractivity contribution >= 4 is 16.4 Å². The summed E-state index contributed by atoms with van der Waals surface area (Å²) in [5.41, 5.74) is 0. The van der Waals surface area contributed by atoms with Gasteiger partial charge in [-0.25, -0.2) is 0 Å². The summed E-state index contributed by atoms with van der Waals surface area (Å²) in [7, 11) is -4.67. The van der Waals surface area contributed by atoms with Crippen LogP contribution in [0.15, 0.2) is 0 Å². The van der Waals surface area contributed by atoms with Gasteiger partial charge in [0, 0.05) is 58.5 Å². The van der Waals surface area contributed by atoms with Gasteiger partial charge >= 0.3 is 16.4 Å². The number of rotatable bonds is 16. The van der Waals surface area contributed by atoms with E-state index in [4.69, 9.17) is 22.6 Å². The Hall–Kier alpha value is 1.09. The minimum atomic E-state index is -4.67. The molecular formula is C18H38HfO6SZr. The van der Waals surface area contributed by atoms with Gasteiger partial charge in [0.05, 0.1) is 0 Å². The molecule has 0 atom stereocenters. The molecule has 0 amide bonds. The van der Waals surface area contributed by atoms with Gasteiger partial charge in [-0.15, -0.1) is 0 Å². The van der Waals surface area contributed by atoms with Crippen LogP contribution in [0.1, 0.15) is 110 Å². The number of carboxylic acid groups (broad SMARTS) is 1. The summed E-state index contributed by atoms with van der Waals surface area (Å²) < 4.78 is 31.6. The van der Waals surface area contributed by atoms with E-state index >= 15 is 0 Å². The van der Waals surface area contributed by atoms with E-state index in [0.717, 1.165) is 12.8 Å². The van der Waals surface area contributed by atoms with Gasteiger partial charge in [-0.2, -0.15) is 8.42 Å². The molecule has 0 unspecified atom stereocenters. The molecule has 6 nitrogen and oxygen atoms in total. The minimum absolute atomic E-state index is 0. The van der Waals surface area contributed by atoms with Crippen molar-refractivity contribution in [2.45, 2.75) is 110 Å². The second kappa shape index (κ2) is 27.1. The normalized spacial score (nSPS) is 10.2. The smallest absolute Gasteiger partial charge is 0.394 e. The van der Waals surface area contributed by atoms with Crippen LogP contribution in [0.3, 0.4) is 0 Å². The van der Waals surface area contributed by atoms with Gasteiger partial charge in [-0.05, 0) is 6.42 Å². The van der Waals surface area contributed by atoms with Gasteiger partial charge in [0.1, 0.15) is 0 Å². The standard InChI is InChI=1S/C18H36O2.Hf.H2O4S.Zr/c1-2-3-4-5-6-7-8-9-10-11-12-13-14-15-16-17-18(19)20;;1-5(2,3)4;/h2-17H2,1H3,(H,19,20);;(H2,1,2,3,4);. The fraction of sp³-hybridized carbons (Fsp3) is 0.944. The molecule has 0 spiro atoms. The van der Waals surface area contributed by atoms with Gasteiger partial charge in [-0.3, -0.25) is 13.9 Å². The van der Waals surface area contributed by atoms with Crippen LogP contribution in [-0.4, -0.2) is 28.6 Å². The van der Waals surface area contributed by atoms with Crippen LogP contribution in [0.4, 0.5) is 0 Å². The molecule has 160 valence electrons. The maximum absolute atomic E-state index is 10.3. The maximum Gasteiger partial charge on any atom is 0.394 e. The molecule has 0 rings (SSSR count). The molecule has 0 aliphatic carbocycles. The summed E-state index contributed by atoms with van der Waals surface area (Å²) in [5, 5.41) is 8.52. The van der Waals surface area contributed by atoms with Crippen molar-refractivity contribution in [1.82, 2.24) is 0 Å². The third-order valence-electron chi connectivity index (χ3n) is 3.99. The Morgan fingerprint density at radius 3 is 1.11 bits per heavy atom. The summed E-state index contributed by atoms with van der Waals surface area (Å²) in [6, 6.07) is 0. The van der Waals surface area contributed by atoms with Gasteiger partial charge < -0.3 is 5.11 Å². The number of carbonyl (C=O) groups is 1. The van der Waals surface area contributed by atoms with E-state index in [2.05, 4.69) is 6.92 Å². The monoisotopic (exact) mass is 652 g/mol. The Morgan fingerprint density at radius 1 is 0.667 bits per heavy atom. The van der Waals surface area contributed by atoms with Crippen molar-refractivity contribution in [2.24, 2.45) is 0 Å². The number of hydrogen-bond donors (Lipinski definition) is 3. The molecule has 0 aliphatic rings. The molecule has 0 aromatic heterocycles. The third kappa shape index (κ3) is 52.1. The van der Waals surface area contributed by atoms with E-state index < -0.39 is 16.4 Å². The zero-order valence-corrected chi connectivity index (χ0v) is 23.7. The van der Waals surface area contributed by atoms with E-state index in [-0.39, 0.29) is 52.0 Å². The van der Waals surface area contributed by atoms with Crippen molar-refractivity contribution in [1.29, 1.82) is 0 Å². The second-order valence-corrected chi connectivity index (χ2v) is 7.44. The van der Waals surface area contributed by atoms with Crippen LogP contribution in [0.5, 0.6) is 0 Å². The molecule has 0 fully saturated rings. The summed E-state index contributed by atoms with van der Waals surface area (Å²) in [4.78, 5) is 10.3. The van der Waals surface area contributed by atoms with E-state index in [1.165, 1.54) is 83.5 Å². The van der Waals surface area contributed by atoms with Crippen LogP contribution in [0.25, 0.3) is 0 Å². The third-order valence-corrected chi connectivity index (χ3v) is 3.99. The first-order valence-electron chi connectivity index (χ1n) is 9.69. The van der Waals surface area contributed by atoms with Gasteiger partial charge in [0.15, 0.2) is 0 Å². The second-order valence-electron chi connectivity index (χ2n) is 6.54. The van der Waals surface area contributed by atoms with E-state index in [9.17, 15) is 4.79 Å². The van der Waals surface area contributed by atoms with Gasteiger partial charge in [-0.1, -0.05) is 96.8 Å². The fourth-order valence-corrected chi connectivity index (χ4v) is 2.65. The molecule has 0 saturated carbocycles. The van der Waals surface area contributed by atoms with Crippen LogP contribution in [-0.2, 0) is 67.2 Å². The van der Waals surface area contributed by atoms with Crippen LogP contribution in [0.2, 0.25) is 0 Å². The average molecular weight is 652 g/mol. The van der Waals surface area contributed by atoms with Gasteiger partial charge in [0.25, 0.3) is 0 Å². The molecule has 0 radical (unpaired) electrons. The van der Waals surface area contributed by atoms with Crippen molar-refractivity contribution in [3.8, 4) is 0 Å². The number of unbranched alkanes of at least 4 members (excludes halogenated alkanes) is 14. The number of aliphatic carboxylic acids is 1. The van der Waals surface area contributed by atoms with Crippen LogP contribution >= 0.6 is 0 Å². The largest absolute Gasteiger partial charge is 0.481 e. The number of hydrogen-bond acceptors (Lipinski definition) is 3. The van der Waals surface area contributed by atoms with E-state index in [0.29, 0.717) is 6.42 Å². The van der Waals surface area contributed by atoms with Crippen LogP contribution in [0, 0.1) is 0 Å². The Morgan fingerprint density at radius 2 is 0.889 bits per heavy atom. The van der Waals surface area contributed by atoms with Gasteiger partial charge in [0.2, 0.25) is 0 Å². The molecule has 3 N–H and O–H groups in total. The molecule has 0 heterocycles. The molecular weight excluding hydrogens is 614 g/mol. The minimum Gasteiger partial charge on any atom is -0.481 e. The SMILES string of the molecule is CCCCCCCCCCCCCCCCCC(=O)O.O=S(=O)(O)O.[Hf].[Zr]. The zero-order valence-electron chi connectivity index (χ0n) is 16.8. The van der Waals surface area contributed by atoms with Crippen molar-refractivity contribution in [3.05, 3.63) is 0 Å². The molecule has 9 heteroatoms. The molecule has 0 aliphatic heterocycles. The molecule has 0 aromatic rings. The summed E-state index contributed by atoms with van der Waals surface area (Å²) in [6.45, 7) is 2.27. The van der Waals surface area contributed by atoms with Crippen LogP contribution < -0.4 is 0 Å². The first kappa shape index (κ1) is 35.5. The average Bonchev–Trinajstić information content (AvgIpc) is 2.49. The molecule has 0 bridgehead atoms. The molecule has 0 saturated heterocycles. The molecule has 0 aromatic carbocycles. The Kier molecular flexibility index (Phi) is 35.6. The quantitative estimate of drug-likeness (QED) is 0.113. The first-order chi connectivity index (χ1) is 11.8. The van der Waals surface area contributed by atoms with Crippen molar-refractivity contribution in [3.63, 3.8) is 0 Å².